The molecule has 2 N–H and O–H groups in total. The van der Waals surface area contributed by atoms with Gasteiger partial charge in [0.25, 0.3) is 0 Å². The fourth-order valence-electron chi connectivity index (χ4n) is 2.24. The molecular weight excluding hydrogens is 266 g/mol. The second-order valence-electron chi connectivity index (χ2n) is 5.96. The Bertz CT molecular complexity index is 451. The van der Waals surface area contributed by atoms with Crippen molar-refractivity contribution in [2.24, 2.45) is 5.92 Å². The highest BCUT2D eigenvalue weighted by Crippen LogP contribution is 2.27. The van der Waals surface area contributed by atoms with E-state index in [4.69, 9.17) is 0 Å². The van der Waals surface area contributed by atoms with Gasteiger partial charge in [-0.3, -0.25) is 4.79 Å². The summed E-state index contributed by atoms with van der Waals surface area (Å²) < 4.78 is 1.64. The fourth-order valence-corrected chi connectivity index (χ4v) is 2.24. The Labute approximate surface area is 126 Å². The number of rotatable bonds is 9. The summed E-state index contributed by atoms with van der Waals surface area (Å²) in [5.41, 5.74) is 0.887. The van der Waals surface area contributed by atoms with Gasteiger partial charge in [0.1, 0.15) is 6.04 Å². The van der Waals surface area contributed by atoms with Crippen molar-refractivity contribution in [1.82, 2.24) is 25.6 Å². The first-order valence-corrected chi connectivity index (χ1v) is 8.05. The largest absolute Gasteiger partial charge is 0.352 e. The molecule has 0 aliphatic heterocycles. The van der Waals surface area contributed by atoms with Crippen LogP contribution < -0.4 is 10.6 Å². The molecule has 6 heteroatoms. The van der Waals surface area contributed by atoms with Crippen LogP contribution in [0.25, 0.3) is 0 Å². The summed E-state index contributed by atoms with van der Waals surface area (Å²) >= 11 is 0. The lowest BCUT2D eigenvalue weighted by Crippen LogP contribution is -2.38. The second-order valence-corrected chi connectivity index (χ2v) is 5.96. The Morgan fingerprint density at radius 3 is 2.76 bits per heavy atom. The van der Waals surface area contributed by atoms with Gasteiger partial charge >= 0.3 is 0 Å². The molecule has 0 saturated heterocycles. The molecule has 1 saturated carbocycles. The zero-order valence-corrected chi connectivity index (χ0v) is 13.3. The van der Waals surface area contributed by atoms with Gasteiger partial charge < -0.3 is 10.6 Å². The van der Waals surface area contributed by atoms with Crippen LogP contribution in [0.2, 0.25) is 0 Å². The van der Waals surface area contributed by atoms with Crippen molar-refractivity contribution in [3.8, 4) is 0 Å². The molecule has 1 aliphatic rings. The standard InChI is InChI=1S/C15H27N5O/c1-4-13(5-2)17-15(21)11(3)20-10-14(18-19-20)9-16-8-12-6-7-12/h10-13,16H,4-9H2,1-3H3,(H,17,21). The maximum Gasteiger partial charge on any atom is 0.244 e. The number of aromatic nitrogens is 3. The molecule has 0 radical (unpaired) electrons. The van der Waals surface area contributed by atoms with Gasteiger partial charge in [-0.05, 0) is 45.1 Å². The smallest absolute Gasteiger partial charge is 0.244 e. The first-order chi connectivity index (χ1) is 10.1. The molecule has 1 aliphatic carbocycles. The van der Waals surface area contributed by atoms with Gasteiger partial charge in [0.15, 0.2) is 0 Å². The van der Waals surface area contributed by atoms with Gasteiger partial charge in [-0.15, -0.1) is 5.10 Å². The van der Waals surface area contributed by atoms with Gasteiger partial charge in [-0.1, -0.05) is 19.1 Å². The van der Waals surface area contributed by atoms with E-state index in [9.17, 15) is 4.79 Å². The zero-order valence-electron chi connectivity index (χ0n) is 13.3. The SMILES string of the molecule is CCC(CC)NC(=O)C(C)n1cc(CNCC2CC2)nn1. The van der Waals surface area contributed by atoms with E-state index in [0.717, 1.165) is 37.5 Å². The van der Waals surface area contributed by atoms with E-state index in [0.29, 0.717) is 0 Å². The molecule has 1 aromatic heterocycles. The van der Waals surface area contributed by atoms with E-state index >= 15 is 0 Å². The van der Waals surface area contributed by atoms with Crippen molar-refractivity contribution in [3.05, 3.63) is 11.9 Å². The fraction of sp³-hybridized carbons (Fsp3) is 0.800. The molecule has 1 aromatic rings. The van der Waals surface area contributed by atoms with Crippen molar-refractivity contribution in [2.45, 2.75) is 65.1 Å². The Kier molecular flexibility index (Phi) is 5.73. The molecule has 0 bridgehead atoms. The second kappa shape index (κ2) is 7.54. The van der Waals surface area contributed by atoms with E-state index in [-0.39, 0.29) is 18.0 Å². The maximum atomic E-state index is 12.2. The minimum Gasteiger partial charge on any atom is -0.352 e. The zero-order chi connectivity index (χ0) is 15.2. The maximum absolute atomic E-state index is 12.2. The monoisotopic (exact) mass is 293 g/mol. The number of hydrogen-bond donors (Lipinski definition) is 2. The van der Waals surface area contributed by atoms with E-state index in [1.54, 1.807) is 4.68 Å². The van der Waals surface area contributed by atoms with Crippen LogP contribution in [0.15, 0.2) is 6.20 Å². The average Bonchev–Trinajstić information content (AvgIpc) is 3.20. The normalized spacial score (nSPS) is 16.2. The van der Waals surface area contributed by atoms with Crippen LogP contribution in [0.4, 0.5) is 0 Å². The lowest BCUT2D eigenvalue weighted by Gasteiger charge is -2.18. The van der Waals surface area contributed by atoms with Gasteiger partial charge in [0.05, 0.1) is 11.9 Å². The molecule has 2 rings (SSSR count). The first kappa shape index (κ1) is 15.9. The van der Waals surface area contributed by atoms with Crippen LogP contribution in [0.3, 0.4) is 0 Å². The van der Waals surface area contributed by atoms with Gasteiger partial charge in [-0.25, -0.2) is 4.68 Å². The third-order valence-electron chi connectivity index (χ3n) is 4.10. The van der Waals surface area contributed by atoms with Crippen molar-refractivity contribution < 1.29 is 4.79 Å². The molecule has 1 unspecified atom stereocenters. The molecule has 0 spiro atoms. The summed E-state index contributed by atoms with van der Waals surface area (Å²) in [4.78, 5) is 12.2. The molecule has 1 fully saturated rings. The lowest BCUT2D eigenvalue weighted by molar-refractivity contribution is -0.124. The Morgan fingerprint density at radius 2 is 2.14 bits per heavy atom. The number of carbonyl (C=O) groups excluding carboxylic acids is 1. The third kappa shape index (κ3) is 4.81. The van der Waals surface area contributed by atoms with Crippen LogP contribution >= 0.6 is 0 Å². The lowest BCUT2D eigenvalue weighted by atomic mass is 10.1. The van der Waals surface area contributed by atoms with Crippen LogP contribution in [0, 0.1) is 5.92 Å². The predicted molar refractivity (Wildman–Crippen MR) is 81.7 cm³/mol. The van der Waals surface area contributed by atoms with Crippen molar-refractivity contribution >= 4 is 5.91 Å². The van der Waals surface area contributed by atoms with E-state index in [1.807, 2.05) is 13.1 Å². The van der Waals surface area contributed by atoms with Gasteiger partial charge in [0, 0.05) is 12.6 Å². The van der Waals surface area contributed by atoms with Crippen LogP contribution in [-0.4, -0.2) is 33.5 Å². The summed E-state index contributed by atoms with van der Waals surface area (Å²) in [6.45, 7) is 7.79. The number of amides is 1. The molecular formula is C15H27N5O. The number of carbonyl (C=O) groups is 1. The number of nitrogens with zero attached hydrogens (tertiary/aromatic N) is 3. The van der Waals surface area contributed by atoms with Gasteiger partial charge in [-0.2, -0.15) is 0 Å². The first-order valence-electron chi connectivity index (χ1n) is 8.05. The molecule has 1 atom stereocenters. The third-order valence-corrected chi connectivity index (χ3v) is 4.10. The van der Waals surface area contributed by atoms with E-state index in [1.165, 1.54) is 12.8 Å². The van der Waals surface area contributed by atoms with Crippen LogP contribution in [0.5, 0.6) is 0 Å². The Morgan fingerprint density at radius 1 is 1.43 bits per heavy atom. The Hall–Kier alpha value is -1.43. The quantitative estimate of drug-likeness (QED) is 0.726. The summed E-state index contributed by atoms with van der Waals surface area (Å²) in [6, 6.07) is -0.0848. The molecule has 0 aromatic carbocycles. The molecule has 1 heterocycles. The molecule has 6 nitrogen and oxygen atoms in total. The molecule has 21 heavy (non-hydrogen) atoms. The minimum absolute atomic E-state index is 0.00564. The summed E-state index contributed by atoms with van der Waals surface area (Å²) in [6.07, 6.45) is 6.43. The van der Waals surface area contributed by atoms with Crippen LogP contribution in [0.1, 0.15) is 58.2 Å². The average molecular weight is 293 g/mol. The minimum atomic E-state index is -0.324. The predicted octanol–water partition coefficient (Wildman–Crippen LogP) is 1.64. The van der Waals surface area contributed by atoms with Crippen molar-refractivity contribution in [1.29, 1.82) is 0 Å². The highest BCUT2D eigenvalue weighted by molar-refractivity contribution is 5.80. The molecule has 118 valence electrons. The summed E-state index contributed by atoms with van der Waals surface area (Å²) in [5.74, 6) is 0.857. The highest BCUT2D eigenvalue weighted by Gasteiger charge is 2.21. The van der Waals surface area contributed by atoms with Gasteiger partial charge in [0.2, 0.25) is 5.91 Å². The van der Waals surface area contributed by atoms with Crippen LogP contribution in [-0.2, 0) is 11.3 Å². The van der Waals surface area contributed by atoms with Crippen molar-refractivity contribution in [3.63, 3.8) is 0 Å². The van der Waals surface area contributed by atoms with Crippen molar-refractivity contribution in [2.75, 3.05) is 6.54 Å². The number of hydrogen-bond acceptors (Lipinski definition) is 4. The topological polar surface area (TPSA) is 71.8 Å². The Balaban J connectivity index is 1.81. The van der Waals surface area contributed by atoms with E-state index in [2.05, 4.69) is 34.8 Å². The molecule has 1 amide bonds. The summed E-state index contributed by atoms with van der Waals surface area (Å²) in [5, 5.41) is 14.6. The highest BCUT2D eigenvalue weighted by atomic mass is 16.2. The van der Waals surface area contributed by atoms with E-state index < -0.39 is 0 Å². The number of nitrogens with one attached hydrogen (secondary N) is 2. The summed E-state index contributed by atoms with van der Waals surface area (Å²) in [7, 11) is 0.